The standard InChI is InChI=1S/C10H15N3O4/c1-2-17-5-7(14)3-12-9-8(10(15)16)4-11-6-13-9/h4,6-7,14H,2-3,5H2,1H3,(H,15,16)(H,11,12,13)/t7-/m1/s1. The number of nitrogens with zero attached hydrogens (tertiary/aromatic N) is 2. The number of aliphatic hydroxyl groups excluding tert-OH is 1. The van der Waals surface area contributed by atoms with Gasteiger partial charge in [-0.3, -0.25) is 0 Å². The number of nitrogens with one attached hydrogen (secondary N) is 1. The van der Waals surface area contributed by atoms with E-state index >= 15 is 0 Å². The van der Waals surface area contributed by atoms with Crippen molar-refractivity contribution in [2.45, 2.75) is 13.0 Å². The maximum Gasteiger partial charge on any atom is 0.341 e. The third kappa shape index (κ3) is 4.33. The minimum atomic E-state index is -1.12. The number of aliphatic hydroxyl groups is 1. The van der Waals surface area contributed by atoms with Gasteiger partial charge < -0.3 is 20.3 Å². The third-order valence-electron chi connectivity index (χ3n) is 1.96. The molecule has 0 saturated carbocycles. The van der Waals surface area contributed by atoms with Crippen LogP contribution in [0.5, 0.6) is 0 Å². The van der Waals surface area contributed by atoms with E-state index < -0.39 is 12.1 Å². The summed E-state index contributed by atoms with van der Waals surface area (Å²) in [5.74, 6) is -0.935. The summed E-state index contributed by atoms with van der Waals surface area (Å²) < 4.78 is 5.02. The molecule has 94 valence electrons. The number of anilines is 1. The number of rotatable bonds is 7. The van der Waals surface area contributed by atoms with Crippen LogP contribution in [0.1, 0.15) is 17.3 Å². The molecule has 0 amide bonds. The fourth-order valence-electron chi connectivity index (χ4n) is 1.15. The van der Waals surface area contributed by atoms with Gasteiger partial charge in [-0.15, -0.1) is 0 Å². The van der Waals surface area contributed by atoms with Crippen molar-refractivity contribution in [3.63, 3.8) is 0 Å². The molecule has 7 heteroatoms. The van der Waals surface area contributed by atoms with Crippen LogP contribution in [-0.4, -0.2) is 52.0 Å². The van der Waals surface area contributed by atoms with E-state index in [2.05, 4.69) is 15.3 Å². The van der Waals surface area contributed by atoms with E-state index in [0.29, 0.717) is 6.61 Å². The number of carboxylic acids is 1. The summed E-state index contributed by atoms with van der Waals surface area (Å²) in [6.07, 6.45) is 1.72. The molecule has 0 aliphatic carbocycles. The van der Waals surface area contributed by atoms with E-state index in [1.54, 1.807) is 0 Å². The molecule has 1 aromatic rings. The van der Waals surface area contributed by atoms with E-state index in [1.165, 1.54) is 12.5 Å². The van der Waals surface area contributed by atoms with E-state index in [1.807, 2.05) is 6.92 Å². The lowest BCUT2D eigenvalue weighted by atomic mass is 10.3. The average molecular weight is 241 g/mol. The molecule has 0 aliphatic heterocycles. The molecular formula is C10H15N3O4. The second-order valence-electron chi connectivity index (χ2n) is 3.28. The number of carboxylic acid groups (broad SMARTS) is 1. The first-order valence-corrected chi connectivity index (χ1v) is 5.18. The normalized spacial score (nSPS) is 12.1. The molecule has 0 spiro atoms. The number of ether oxygens (including phenoxy) is 1. The van der Waals surface area contributed by atoms with Gasteiger partial charge in [-0.25, -0.2) is 14.8 Å². The van der Waals surface area contributed by atoms with Gasteiger partial charge >= 0.3 is 5.97 Å². The lowest BCUT2D eigenvalue weighted by molar-refractivity contribution is 0.0495. The summed E-state index contributed by atoms with van der Waals surface area (Å²) in [5.41, 5.74) is -0.0314. The second-order valence-corrected chi connectivity index (χ2v) is 3.28. The highest BCUT2D eigenvalue weighted by molar-refractivity contribution is 5.92. The van der Waals surface area contributed by atoms with Crippen molar-refractivity contribution in [3.05, 3.63) is 18.1 Å². The lowest BCUT2D eigenvalue weighted by Crippen LogP contribution is -2.26. The molecule has 1 aromatic heterocycles. The van der Waals surface area contributed by atoms with E-state index in [-0.39, 0.29) is 24.5 Å². The third-order valence-corrected chi connectivity index (χ3v) is 1.96. The minimum Gasteiger partial charge on any atom is -0.477 e. The first kappa shape index (κ1) is 13.3. The zero-order valence-electron chi connectivity index (χ0n) is 9.46. The van der Waals surface area contributed by atoms with Crippen LogP contribution in [0, 0.1) is 0 Å². The van der Waals surface area contributed by atoms with Gasteiger partial charge in [0, 0.05) is 19.3 Å². The van der Waals surface area contributed by atoms with Crippen LogP contribution in [0.25, 0.3) is 0 Å². The van der Waals surface area contributed by atoms with Crippen LogP contribution in [-0.2, 0) is 4.74 Å². The molecule has 1 atom stereocenters. The molecule has 1 heterocycles. The molecule has 1 rings (SSSR count). The topological polar surface area (TPSA) is 105 Å². The first-order valence-electron chi connectivity index (χ1n) is 5.18. The summed E-state index contributed by atoms with van der Waals surface area (Å²) in [6.45, 7) is 2.70. The Labute approximate surface area is 98.5 Å². The predicted octanol–water partition coefficient (Wildman–Crippen LogP) is -0.0159. The molecule has 0 bridgehead atoms. The Kier molecular flexibility index (Phi) is 5.31. The molecule has 0 unspecified atom stereocenters. The second kappa shape index (κ2) is 6.77. The SMILES string of the molecule is CCOC[C@H](O)CNc1ncncc1C(=O)O. The lowest BCUT2D eigenvalue weighted by Gasteiger charge is -2.12. The average Bonchev–Trinajstić information content (AvgIpc) is 2.34. The van der Waals surface area contributed by atoms with Crippen LogP contribution < -0.4 is 5.32 Å². The van der Waals surface area contributed by atoms with Crippen molar-refractivity contribution in [1.82, 2.24) is 9.97 Å². The molecule has 0 aliphatic rings. The Bertz CT molecular complexity index is 372. The zero-order chi connectivity index (χ0) is 12.7. The highest BCUT2D eigenvalue weighted by Gasteiger charge is 2.12. The van der Waals surface area contributed by atoms with Crippen molar-refractivity contribution in [1.29, 1.82) is 0 Å². The fraction of sp³-hybridized carbons (Fsp3) is 0.500. The molecular weight excluding hydrogens is 226 g/mol. The van der Waals surface area contributed by atoms with E-state index in [4.69, 9.17) is 9.84 Å². The van der Waals surface area contributed by atoms with Crippen LogP contribution in [0.15, 0.2) is 12.5 Å². The maximum atomic E-state index is 10.8. The summed E-state index contributed by atoms with van der Waals surface area (Å²) in [6, 6.07) is 0. The molecule has 7 nitrogen and oxygen atoms in total. The zero-order valence-corrected chi connectivity index (χ0v) is 9.46. The number of aromatic carboxylic acids is 1. The van der Waals surface area contributed by atoms with Crippen LogP contribution in [0.2, 0.25) is 0 Å². The minimum absolute atomic E-state index is 0.0314. The summed E-state index contributed by atoms with van der Waals surface area (Å²) in [4.78, 5) is 18.3. The monoisotopic (exact) mass is 241 g/mol. The summed E-state index contributed by atoms with van der Waals surface area (Å²) >= 11 is 0. The van der Waals surface area contributed by atoms with Gasteiger partial charge in [-0.2, -0.15) is 0 Å². The Morgan fingerprint density at radius 2 is 2.41 bits per heavy atom. The maximum absolute atomic E-state index is 10.8. The summed E-state index contributed by atoms with van der Waals surface area (Å²) in [7, 11) is 0. The molecule has 0 aromatic carbocycles. The number of carbonyl (C=O) groups is 1. The van der Waals surface area contributed by atoms with Gasteiger partial charge in [-0.1, -0.05) is 0 Å². The Morgan fingerprint density at radius 3 is 3.06 bits per heavy atom. The van der Waals surface area contributed by atoms with Crippen molar-refractivity contribution >= 4 is 11.8 Å². The Hall–Kier alpha value is -1.73. The quantitative estimate of drug-likeness (QED) is 0.616. The number of aromatic nitrogens is 2. The van der Waals surface area contributed by atoms with Crippen molar-refractivity contribution in [2.75, 3.05) is 25.1 Å². The Morgan fingerprint density at radius 1 is 1.65 bits per heavy atom. The van der Waals surface area contributed by atoms with Crippen LogP contribution >= 0.6 is 0 Å². The molecule has 0 saturated heterocycles. The van der Waals surface area contributed by atoms with E-state index in [9.17, 15) is 9.90 Å². The predicted molar refractivity (Wildman–Crippen MR) is 60.0 cm³/mol. The Balaban J connectivity index is 2.54. The fourth-order valence-corrected chi connectivity index (χ4v) is 1.15. The number of hydrogen-bond acceptors (Lipinski definition) is 6. The van der Waals surface area contributed by atoms with Crippen molar-refractivity contribution < 1.29 is 19.7 Å². The van der Waals surface area contributed by atoms with Gasteiger partial charge in [0.05, 0.1) is 12.7 Å². The van der Waals surface area contributed by atoms with Crippen LogP contribution in [0.4, 0.5) is 5.82 Å². The van der Waals surface area contributed by atoms with E-state index in [0.717, 1.165) is 0 Å². The van der Waals surface area contributed by atoms with Gasteiger partial charge in [0.25, 0.3) is 0 Å². The van der Waals surface area contributed by atoms with Gasteiger partial charge in [0.1, 0.15) is 17.7 Å². The molecule has 0 fully saturated rings. The van der Waals surface area contributed by atoms with Gasteiger partial charge in [0.2, 0.25) is 0 Å². The van der Waals surface area contributed by atoms with Crippen molar-refractivity contribution in [2.24, 2.45) is 0 Å². The largest absolute Gasteiger partial charge is 0.477 e. The van der Waals surface area contributed by atoms with Crippen LogP contribution in [0.3, 0.4) is 0 Å². The highest BCUT2D eigenvalue weighted by atomic mass is 16.5. The molecule has 17 heavy (non-hydrogen) atoms. The number of hydrogen-bond donors (Lipinski definition) is 3. The smallest absolute Gasteiger partial charge is 0.341 e. The van der Waals surface area contributed by atoms with Crippen molar-refractivity contribution in [3.8, 4) is 0 Å². The summed E-state index contributed by atoms with van der Waals surface area (Å²) in [5, 5.41) is 21.1. The first-order chi connectivity index (χ1) is 8.15. The van der Waals surface area contributed by atoms with Gasteiger partial charge in [0.15, 0.2) is 0 Å². The molecule has 0 radical (unpaired) electrons. The molecule has 3 N–H and O–H groups in total. The highest BCUT2D eigenvalue weighted by Crippen LogP contribution is 2.09. The van der Waals surface area contributed by atoms with Gasteiger partial charge in [-0.05, 0) is 6.92 Å².